The zero-order valence-electron chi connectivity index (χ0n) is 13.3. The van der Waals surface area contributed by atoms with Crippen LogP contribution < -0.4 is 10.1 Å². The van der Waals surface area contributed by atoms with Crippen molar-refractivity contribution in [1.82, 2.24) is 10.2 Å². The summed E-state index contributed by atoms with van der Waals surface area (Å²) >= 11 is 0. The van der Waals surface area contributed by atoms with Gasteiger partial charge in [0.1, 0.15) is 11.3 Å². The van der Waals surface area contributed by atoms with Gasteiger partial charge in [-0.3, -0.25) is 19.8 Å². The smallest absolute Gasteiger partial charge is 0.331 e. The van der Waals surface area contributed by atoms with Crippen molar-refractivity contribution in [3.63, 3.8) is 0 Å². The van der Waals surface area contributed by atoms with Gasteiger partial charge in [0.15, 0.2) is 0 Å². The summed E-state index contributed by atoms with van der Waals surface area (Å²) in [4.78, 5) is 36.8. The van der Waals surface area contributed by atoms with Gasteiger partial charge in [0.25, 0.3) is 11.8 Å². The number of barbiturate groups is 1. The van der Waals surface area contributed by atoms with E-state index < -0.39 is 17.8 Å². The highest BCUT2D eigenvalue weighted by atomic mass is 16.5. The highest BCUT2D eigenvalue weighted by Crippen LogP contribution is 2.31. The lowest BCUT2D eigenvalue weighted by Crippen LogP contribution is -2.52. The van der Waals surface area contributed by atoms with Gasteiger partial charge in [-0.2, -0.15) is 0 Å². The highest BCUT2D eigenvalue weighted by Gasteiger charge is 2.33. The molecule has 0 unspecified atom stereocenters. The van der Waals surface area contributed by atoms with Crippen LogP contribution in [0.5, 0.6) is 5.75 Å². The largest absolute Gasteiger partial charge is 0.493 e. The first-order valence-corrected chi connectivity index (χ1v) is 7.52. The minimum Gasteiger partial charge on any atom is -0.493 e. The average molecular weight is 324 g/mol. The summed E-state index contributed by atoms with van der Waals surface area (Å²) in [5, 5.41) is 3.96. The van der Waals surface area contributed by atoms with Crippen LogP contribution in [0.1, 0.15) is 12.5 Å². The van der Waals surface area contributed by atoms with Gasteiger partial charge < -0.3 is 4.74 Å². The van der Waals surface area contributed by atoms with Gasteiger partial charge in [0.2, 0.25) is 0 Å². The number of carbonyl (C=O) groups excluding carboxylic acids is 3. The van der Waals surface area contributed by atoms with Crippen LogP contribution >= 0.6 is 0 Å². The van der Waals surface area contributed by atoms with Crippen LogP contribution in [0, 0.1) is 0 Å². The summed E-state index contributed by atoms with van der Waals surface area (Å²) in [5.74, 6) is -0.776. The number of rotatable bonds is 3. The Kier molecular flexibility index (Phi) is 4.04. The molecule has 2 aromatic rings. The summed E-state index contributed by atoms with van der Waals surface area (Å²) in [5.41, 5.74) is 0.533. The zero-order chi connectivity index (χ0) is 17.3. The third kappa shape index (κ3) is 2.62. The number of hydrogen-bond acceptors (Lipinski definition) is 4. The van der Waals surface area contributed by atoms with Crippen molar-refractivity contribution in [3.05, 3.63) is 47.5 Å². The van der Waals surface area contributed by atoms with Gasteiger partial charge in [-0.1, -0.05) is 30.3 Å². The van der Waals surface area contributed by atoms with E-state index in [4.69, 9.17) is 4.74 Å². The van der Waals surface area contributed by atoms with Gasteiger partial charge in [0, 0.05) is 12.6 Å². The number of imide groups is 2. The molecular weight excluding hydrogens is 308 g/mol. The van der Waals surface area contributed by atoms with E-state index >= 15 is 0 Å². The minimum atomic E-state index is -0.731. The van der Waals surface area contributed by atoms with Gasteiger partial charge in [-0.05, 0) is 29.8 Å². The predicted octanol–water partition coefficient (Wildman–Crippen LogP) is 2.33. The molecule has 1 aliphatic heterocycles. The number of nitrogens with zero attached hydrogens (tertiary/aromatic N) is 1. The molecule has 1 saturated heterocycles. The Hall–Kier alpha value is -3.15. The van der Waals surface area contributed by atoms with Gasteiger partial charge in [-0.15, -0.1) is 0 Å². The molecule has 122 valence electrons. The molecule has 1 aliphatic rings. The first-order chi connectivity index (χ1) is 11.5. The first-order valence-electron chi connectivity index (χ1n) is 7.52. The van der Waals surface area contributed by atoms with Crippen molar-refractivity contribution in [2.75, 3.05) is 13.7 Å². The molecule has 2 aromatic carbocycles. The van der Waals surface area contributed by atoms with E-state index in [0.717, 1.165) is 15.7 Å². The van der Waals surface area contributed by atoms with Gasteiger partial charge >= 0.3 is 6.03 Å². The fraction of sp³-hybridized carbons (Fsp3) is 0.167. The van der Waals surface area contributed by atoms with E-state index in [9.17, 15) is 14.4 Å². The number of amides is 4. The van der Waals surface area contributed by atoms with Crippen molar-refractivity contribution < 1.29 is 19.1 Å². The maximum absolute atomic E-state index is 12.3. The van der Waals surface area contributed by atoms with Crippen LogP contribution in [0.15, 0.2) is 42.0 Å². The molecule has 0 atom stereocenters. The molecule has 1 N–H and O–H groups in total. The number of hydrogen-bond donors (Lipinski definition) is 1. The van der Waals surface area contributed by atoms with Crippen LogP contribution in [-0.2, 0) is 9.59 Å². The third-order valence-corrected chi connectivity index (χ3v) is 3.82. The number of likely N-dealkylation sites (N-methyl/N-ethyl adjacent to an activating group) is 1. The average Bonchev–Trinajstić information content (AvgIpc) is 2.58. The second-order valence-corrected chi connectivity index (χ2v) is 5.31. The Morgan fingerprint density at radius 1 is 1.12 bits per heavy atom. The number of urea groups is 1. The molecule has 0 bridgehead atoms. The zero-order valence-corrected chi connectivity index (χ0v) is 13.3. The Morgan fingerprint density at radius 3 is 2.62 bits per heavy atom. The van der Waals surface area contributed by atoms with E-state index in [-0.39, 0.29) is 5.57 Å². The number of nitrogens with one attached hydrogen (secondary N) is 1. The lowest BCUT2D eigenvalue weighted by atomic mass is 10.00. The second-order valence-electron chi connectivity index (χ2n) is 5.31. The molecule has 1 fully saturated rings. The lowest BCUT2D eigenvalue weighted by molar-refractivity contribution is -0.129. The summed E-state index contributed by atoms with van der Waals surface area (Å²) in [7, 11) is 1.32. The number of fused-ring (bicyclic) bond motifs is 1. The van der Waals surface area contributed by atoms with Gasteiger partial charge in [0.05, 0.1) is 6.61 Å². The van der Waals surface area contributed by atoms with Crippen LogP contribution in [0.4, 0.5) is 4.79 Å². The molecule has 6 heteroatoms. The summed E-state index contributed by atoms with van der Waals surface area (Å²) in [6.45, 7) is 2.31. The van der Waals surface area contributed by atoms with E-state index in [1.807, 2.05) is 37.3 Å². The van der Waals surface area contributed by atoms with Crippen LogP contribution in [-0.4, -0.2) is 36.4 Å². The monoisotopic (exact) mass is 324 g/mol. The second kappa shape index (κ2) is 6.16. The molecule has 0 saturated carbocycles. The Balaban J connectivity index is 2.21. The summed E-state index contributed by atoms with van der Waals surface area (Å²) in [6, 6.07) is 10.6. The molecule has 0 spiro atoms. The normalized spacial score (nSPS) is 16.7. The Morgan fingerprint density at radius 2 is 1.88 bits per heavy atom. The molecule has 24 heavy (non-hydrogen) atoms. The molecule has 3 rings (SSSR count). The van der Waals surface area contributed by atoms with E-state index in [2.05, 4.69) is 5.32 Å². The molecule has 1 heterocycles. The van der Waals surface area contributed by atoms with Crippen molar-refractivity contribution in [1.29, 1.82) is 0 Å². The quantitative estimate of drug-likeness (QED) is 0.694. The third-order valence-electron chi connectivity index (χ3n) is 3.82. The van der Waals surface area contributed by atoms with Crippen molar-refractivity contribution in [2.24, 2.45) is 0 Å². The van der Waals surface area contributed by atoms with Crippen LogP contribution in [0.25, 0.3) is 16.8 Å². The number of carbonyl (C=O) groups is 3. The van der Waals surface area contributed by atoms with Crippen LogP contribution in [0.3, 0.4) is 0 Å². The summed E-state index contributed by atoms with van der Waals surface area (Å²) in [6.07, 6.45) is 1.48. The highest BCUT2D eigenvalue weighted by molar-refractivity contribution is 6.31. The topological polar surface area (TPSA) is 75.7 Å². The molecule has 0 aliphatic carbocycles. The van der Waals surface area contributed by atoms with Crippen LogP contribution in [0.2, 0.25) is 0 Å². The molecule has 0 aromatic heterocycles. The van der Waals surface area contributed by atoms with Crippen molar-refractivity contribution >= 4 is 34.7 Å². The molecule has 0 radical (unpaired) electrons. The molecule has 6 nitrogen and oxygen atoms in total. The summed E-state index contributed by atoms with van der Waals surface area (Å²) < 4.78 is 5.64. The van der Waals surface area contributed by atoms with E-state index in [1.165, 1.54) is 13.1 Å². The number of benzene rings is 2. The molecular formula is C18H16N2O4. The maximum Gasteiger partial charge on any atom is 0.331 e. The van der Waals surface area contributed by atoms with Gasteiger partial charge in [-0.25, -0.2) is 4.79 Å². The molecule has 4 amide bonds. The SMILES string of the molecule is CCOc1ccc2ccccc2c1/C=C1/C(=O)NC(=O)N(C)C1=O. The standard InChI is InChI=1S/C18H16N2O4/c1-3-24-15-9-8-11-6-4-5-7-12(11)13(15)10-14-16(21)19-18(23)20(2)17(14)22/h4-10H,3H2,1-2H3,(H,19,21,23)/b14-10-. The Bertz CT molecular complexity index is 886. The Labute approximate surface area is 138 Å². The van der Waals surface area contributed by atoms with E-state index in [1.54, 1.807) is 6.07 Å². The van der Waals surface area contributed by atoms with Crippen molar-refractivity contribution in [3.8, 4) is 5.75 Å². The fourth-order valence-electron chi connectivity index (χ4n) is 2.60. The lowest BCUT2D eigenvalue weighted by Gasteiger charge is -2.22. The first kappa shape index (κ1) is 15.7. The van der Waals surface area contributed by atoms with E-state index in [0.29, 0.717) is 17.9 Å². The fourth-order valence-corrected chi connectivity index (χ4v) is 2.60. The maximum atomic E-state index is 12.3. The minimum absolute atomic E-state index is 0.102. The number of ether oxygens (including phenoxy) is 1. The predicted molar refractivity (Wildman–Crippen MR) is 89.4 cm³/mol. The van der Waals surface area contributed by atoms with Crippen molar-refractivity contribution in [2.45, 2.75) is 6.92 Å².